The van der Waals surface area contributed by atoms with Crippen LogP contribution < -0.4 is 11.1 Å². The van der Waals surface area contributed by atoms with E-state index in [-0.39, 0.29) is 6.03 Å². The smallest absolute Gasteiger partial charge is 0.317 e. The molecule has 1 aliphatic heterocycles. The van der Waals surface area contributed by atoms with Crippen LogP contribution in [0.3, 0.4) is 0 Å². The summed E-state index contributed by atoms with van der Waals surface area (Å²) in [5, 5.41) is 2.94. The molecule has 2 amide bonds. The summed E-state index contributed by atoms with van der Waals surface area (Å²) in [4.78, 5) is 13.8. The van der Waals surface area contributed by atoms with Gasteiger partial charge in [0.25, 0.3) is 0 Å². The van der Waals surface area contributed by atoms with Crippen molar-refractivity contribution in [1.82, 2.24) is 10.2 Å². The Morgan fingerprint density at radius 2 is 2.33 bits per heavy atom. The average molecular weight is 213 g/mol. The standard InChI is InChI=1S/C11H23N3O/c1-2-8-13-11(15)14-9-4-3-5-10(14)6-7-12/h10H,2-9,12H2,1H3,(H,13,15). The third kappa shape index (κ3) is 3.70. The first-order valence-corrected chi connectivity index (χ1v) is 6.04. The van der Waals surface area contributed by atoms with E-state index in [1.165, 1.54) is 6.42 Å². The largest absolute Gasteiger partial charge is 0.338 e. The number of rotatable bonds is 4. The van der Waals surface area contributed by atoms with Gasteiger partial charge in [0, 0.05) is 19.1 Å². The maximum absolute atomic E-state index is 11.8. The number of likely N-dealkylation sites (tertiary alicyclic amines) is 1. The minimum atomic E-state index is 0.0926. The molecule has 1 heterocycles. The second kappa shape index (κ2) is 6.67. The van der Waals surface area contributed by atoms with Crippen LogP contribution in [0.15, 0.2) is 0 Å². The summed E-state index contributed by atoms with van der Waals surface area (Å²) in [5.74, 6) is 0. The minimum absolute atomic E-state index is 0.0926. The van der Waals surface area contributed by atoms with Crippen molar-refractivity contribution in [1.29, 1.82) is 0 Å². The molecule has 4 nitrogen and oxygen atoms in total. The number of nitrogens with one attached hydrogen (secondary N) is 1. The van der Waals surface area contributed by atoms with Crippen LogP contribution in [-0.4, -0.2) is 36.6 Å². The third-order valence-electron chi connectivity index (χ3n) is 2.91. The molecule has 15 heavy (non-hydrogen) atoms. The fourth-order valence-electron chi connectivity index (χ4n) is 2.09. The Morgan fingerprint density at radius 1 is 1.53 bits per heavy atom. The van der Waals surface area contributed by atoms with Crippen molar-refractivity contribution in [2.24, 2.45) is 5.73 Å². The molecule has 1 aliphatic rings. The number of carbonyl (C=O) groups is 1. The lowest BCUT2D eigenvalue weighted by Crippen LogP contribution is -2.49. The number of nitrogens with zero attached hydrogens (tertiary/aromatic N) is 1. The van der Waals surface area contributed by atoms with Gasteiger partial charge in [-0.05, 0) is 38.6 Å². The van der Waals surface area contributed by atoms with Gasteiger partial charge in [0.15, 0.2) is 0 Å². The van der Waals surface area contributed by atoms with Crippen LogP contribution in [0, 0.1) is 0 Å². The van der Waals surface area contributed by atoms with E-state index in [9.17, 15) is 4.79 Å². The van der Waals surface area contributed by atoms with Crippen molar-refractivity contribution in [2.75, 3.05) is 19.6 Å². The molecule has 0 spiro atoms. The number of hydrogen-bond acceptors (Lipinski definition) is 2. The number of carbonyl (C=O) groups excluding carboxylic acids is 1. The maximum atomic E-state index is 11.8. The SMILES string of the molecule is CCCNC(=O)N1CCCCC1CCN. The van der Waals surface area contributed by atoms with E-state index >= 15 is 0 Å². The van der Waals surface area contributed by atoms with Gasteiger partial charge in [-0.25, -0.2) is 4.79 Å². The monoisotopic (exact) mass is 213 g/mol. The van der Waals surface area contributed by atoms with E-state index in [2.05, 4.69) is 12.2 Å². The van der Waals surface area contributed by atoms with Gasteiger partial charge >= 0.3 is 6.03 Å². The predicted octanol–water partition coefficient (Wildman–Crippen LogP) is 1.31. The van der Waals surface area contributed by atoms with Gasteiger partial charge in [0.2, 0.25) is 0 Å². The summed E-state index contributed by atoms with van der Waals surface area (Å²) in [5.41, 5.74) is 5.56. The van der Waals surface area contributed by atoms with Gasteiger partial charge < -0.3 is 16.0 Å². The van der Waals surface area contributed by atoms with Gasteiger partial charge in [0.1, 0.15) is 0 Å². The first kappa shape index (κ1) is 12.3. The lowest BCUT2D eigenvalue weighted by atomic mass is 10.00. The first-order chi connectivity index (χ1) is 7.29. The summed E-state index contributed by atoms with van der Waals surface area (Å²) in [6.07, 6.45) is 5.38. The molecular formula is C11H23N3O. The predicted molar refractivity (Wildman–Crippen MR) is 61.7 cm³/mol. The second-order valence-electron chi connectivity index (χ2n) is 4.15. The number of nitrogens with two attached hydrogens (primary N) is 1. The molecule has 0 radical (unpaired) electrons. The van der Waals surface area contributed by atoms with E-state index in [0.29, 0.717) is 12.6 Å². The van der Waals surface area contributed by atoms with E-state index < -0.39 is 0 Å². The minimum Gasteiger partial charge on any atom is -0.338 e. The Bertz CT molecular complexity index is 194. The highest BCUT2D eigenvalue weighted by molar-refractivity contribution is 5.74. The van der Waals surface area contributed by atoms with Crippen molar-refractivity contribution in [3.05, 3.63) is 0 Å². The van der Waals surface area contributed by atoms with Crippen LogP contribution in [-0.2, 0) is 0 Å². The fourth-order valence-corrected chi connectivity index (χ4v) is 2.09. The number of urea groups is 1. The van der Waals surface area contributed by atoms with Crippen LogP contribution >= 0.6 is 0 Å². The summed E-state index contributed by atoms with van der Waals surface area (Å²) >= 11 is 0. The van der Waals surface area contributed by atoms with Gasteiger partial charge in [-0.15, -0.1) is 0 Å². The maximum Gasteiger partial charge on any atom is 0.317 e. The summed E-state index contributed by atoms with van der Waals surface area (Å²) in [7, 11) is 0. The lowest BCUT2D eigenvalue weighted by molar-refractivity contribution is 0.147. The zero-order valence-corrected chi connectivity index (χ0v) is 9.67. The molecule has 0 aromatic rings. The molecule has 0 aliphatic carbocycles. The van der Waals surface area contributed by atoms with Gasteiger partial charge in [-0.2, -0.15) is 0 Å². The van der Waals surface area contributed by atoms with Crippen LogP contribution in [0.2, 0.25) is 0 Å². The van der Waals surface area contributed by atoms with Crippen molar-refractivity contribution in [3.8, 4) is 0 Å². The molecule has 0 aromatic carbocycles. The summed E-state index contributed by atoms with van der Waals surface area (Å²) < 4.78 is 0. The molecule has 1 saturated heterocycles. The van der Waals surface area contributed by atoms with E-state index in [4.69, 9.17) is 5.73 Å². The molecule has 1 atom stereocenters. The Labute approximate surface area is 92.2 Å². The average Bonchev–Trinajstić information content (AvgIpc) is 2.27. The van der Waals surface area contributed by atoms with Crippen LogP contribution in [0.25, 0.3) is 0 Å². The second-order valence-corrected chi connectivity index (χ2v) is 4.15. The van der Waals surface area contributed by atoms with E-state index in [0.717, 1.165) is 38.8 Å². The topological polar surface area (TPSA) is 58.4 Å². The van der Waals surface area contributed by atoms with E-state index in [1.807, 2.05) is 4.90 Å². The molecule has 1 fully saturated rings. The van der Waals surface area contributed by atoms with E-state index in [1.54, 1.807) is 0 Å². The normalized spacial score (nSPS) is 21.5. The van der Waals surface area contributed by atoms with Crippen LogP contribution in [0.4, 0.5) is 4.79 Å². The quantitative estimate of drug-likeness (QED) is 0.739. The highest BCUT2D eigenvalue weighted by atomic mass is 16.2. The van der Waals surface area contributed by atoms with Crippen LogP contribution in [0.5, 0.6) is 0 Å². The Kier molecular flexibility index (Phi) is 5.47. The highest BCUT2D eigenvalue weighted by Crippen LogP contribution is 2.19. The number of amides is 2. The molecule has 1 rings (SSSR count). The highest BCUT2D eigenvalue weighted by Gasteiger charge is 2.25. The molecule has 4 heteroatoms. The molecule has 0 saturated carbocycles. The molecule has 1 unspecified atom stereocenters. The zero-order chi connectivity index (χ0) is 11.1. The molecule has 88 valence electrons. The van der Waals surface area contributed by atoms with Gasteiger partial charge in [-0.1, -0.05) is 6.92 Å². The summed E-state index contributed by atoms with van der Waals surface area (Å²) in [6, 6.07) is 0.454. The number of hydrogen-bond donors (Lipinski definition) is 2. The van der Waals surface area contributed by atoms with Gasteiger partial charge in [-0.3, -0.25) is 0 Å². The molecule has 0 aromatic heterocycles. The Balaban J connectivity index is 2.43. The zero-order valence-electron chi connectivity index (χ0n) is 9.67. The van der Waals surface area contributed by atoms with Crippen molar-refractivity contribution in [3.63, 3.8) is 0 Å². The molecule has 0 bridgehead atoms. The Morgan fingerprint density at radius 3 is 3.00 bits per heavy atom. The van der Waals surface area contributed by atoms with Crippen molar-refractivity contribution < 1.29 is 4.79 Å². The number of piperidine rings is 1. The van der Waals surface area contributed by atoms with Crippen molar-refractivity contribution in [2.45, 2.75) is 45.1 Å². The third-order valence-corrected chi connectivity index (χ3v) is 2.91. The molecular weight excluding hydrogens is 190 g/mol. The Hall–Kier alpha value is -0.770. The van der Waals surface area contributed by atoms with Crippen LogP contribution in [0.1, 0.15) is 39.0 Å². The first-order valence-electron chi connectivity index (χ1n) is 6.04. The fraction of sp³-hybridized carbons (Fsp3) is 0.909. The summed E-state index contributed by atoms with van der Waals surface area (Å²) in [6.45, 7) is 4.39. The van der Waals surface area contributed by atoms with Gasteiger partial charge in [0.05, 0.1) is 0 Å². The van der Waals surface area contributed by atoms with Crippen molar-refractivity contribution >= 4 is 6.03 Å². The lowest BCUT2D eigenvalue weighted by Gasteiger charge is -2.35. The molecule has 3 N–H and O–H groups in total.